The summed E-state index contributed by atoms with van der Waals surface area (Å²) in [6, 6.07) is 6.91. The molecule has 0 heterocycles. The number of amides is 1. The molecule has 1 N–H and O–H groups in total. The molecule has 0 spiro atoms. The van der Waals surface area contributed by atoms with Crippen molar-refractivity contribution in [2.75, 3.05) is 19.0 Å². The number of ether oxygens (including phenoxy) is 2. The van der Waals surface area contributed by atoms with Gasteiger partial charge in [-0.25, -0.2) is 4.79 Å². The van der Waals surface area contributed by atoms with E-state index in [2.05, 4.69) is 16.6 Å². The van der Waals surface area contributed by atoms with Crippen LogP contribution >= 0.6 is 0 Å². The summed E-state index contributed by atoms with van der Waals surface area (Å²) in [6.45, 7) is 5.36. The van der Waals surface area contributed by atoms with Crippen molar-refractivity contribution in [3.05, 3.63) is 42.5 Å². The quantitative estimate of drug-likeness (QED) is 0.655. The molecule has 1 atom stereocenters. The smallest absolute Gasteiger partial charge is 0.411 e. The Kier molecular flexibility index (Phi) is 5.60. The summed E-state index contributed by atoms with van der Waals surface area (Å²) in [5.74, 6) is -0.641. The molecular weight excluding hydrogens is 246 g/mol. The second-order valence-corrected chi connectivity index (χ2v) is 3.88. The van der Waals surface area contributed by atoms with Gasteiger partial charge in [0.05, 0.1) is 13.0 Å². The van der Waals surface area contributed by atoms with Gasteiger partial charge in [0.1, 0.15) is 6.61 Å². The van der Waals surface area contributed by atoms with Crippen LogP contribution in [-0.2, 0) is 14.3 Å². The van der Waals surface area contributed by atoms with Crippen molar-refractivity contribution in [2.24, 2.45) is 0 Å². The third-order valence-electron chi connectivity index (χ3n) is 2.54. The van der Waals surface area contributed by atoms with E-state index in [1.54, 1.807) is 31.2 Å². The summed E-state index contributed by atoms with van der Waals surface area (Å²) in [6.07, 6.45) is 0.939. The first-order valence-corrected chi connectivity index (χ1v) is 5.81. The predicted molar refractivity (Wildman–Crippen MR) is 72.0 cm³/mol. The summed E-state index contributed by atoms with van der Waals surface area (Å²) in [7, 11) is 1.35. The summed E-state index contributed by atoms with van der Waals surface area (Å²) >= 11 is 0. The zero-order chi connectivity index (χ0) is 14.3. The average molecular weight is 263 g/mol. The van der Waals surface area contributed by atoms with E-state index in [0.717, 1.165) is 5.56 Å². The SMILES string of the molecule is C=CCOC(=O)Nc1ccc(C(C)C(=O)OC)cc1. The minimum atomic E-state index is -0.548. The van der Waals surface area contributed by atoms with E-state index in [1.807, 2.05) is 0 Å². The molecule has 0 aromatic heterocycles. The lowest BCUT2D eigenvalue weighted by molar-refractivity contribution is -0.141. The van der Waals surface area contributed by atoms with Crippen molar-refractivity contribution in [1.29, 1.82) is 0 Å². The largest absolute Gasteiger partial charge is 0.469 e. The van der Waals surface area contributed by atoms with Gasteiger partial charge in [0, 0.05) is 5.69 Å². The zero-order valence-electron chi connectivity index (χ0n) is 11.0. The lowest BCUT2D eigenvalue weighted by Crippen LogP contribution is -2.14. The highest BCUT2D eigenvalue weighted by atomic mass is 16.5. The highest BCUT2D eigenvalue weighted by Crippen LogP contribution is 2.19. The topological polar surface area (TPSA) is 64.6 Å². The summed E-state index contributed by atoms with van der Waals surface area (Å²) in [5.41, 5.74) is 1.41. The number of carbonyl (C=O) groups is 2. The molecular formula is C14H17NO4. The van der Waals surface area contributed by atoms with E-state index in [-0.39, 0.29) is 18.5 Å². The van der Waals surface area contributed by atoms with E-state index in [1.165, 1.54) is 13.2 Å². The fourth-order valence-electron chi connectivity index (χ4n) is 1.46. The van der Waals surface area contributed by atoms with Crippen molar-refractivity contribution < 1.29 is 19.1 Å². The monoisotopic (exact) mass is 263 g/mol. The van der Waals surface area contributed by atoms with E-state index < -0.39 is 6.09 Å². The van der Waals surface area contributed by atoms with Gasteiger partial charge >= 0.3 is 12.1 Å². The number of rotatable bonds is 5. The van der Waals surface area contributed by atoms with Gasteiger partial charge in [0.25, 0.3) is 0 Å². The molecule has 0 aliphatic carbocycles. The molecule has 1 rings (SSSR count). The third-order valence-corrected chi connectivity index (χ3v) is 2.54. The van der Waals surface area contributed by atoms with Gasteiger partial charge in [0.2, 0.25) is 0 Å². The second-order valence-electron chi connectivity index (χ2n) is 3.88. The number of anilines is 1. The standard InChI is InChI=1S/C14H17NO4/c1-4-9-19-14(17)15-12-7-5-11(6-8-12)10(2)13(16)18-3/h4-8,10H,1,9H2,2-3H3,(H,15,17). The number of benzene rings is 1. The minimum Gasteiger partial charge on any atom is -0.469 e. The van der Waals surface area contributed by atoms with Crippen molar-refractivity contribution in [3.8, 4) is 0 Å². The van der Waals surface area contributed by atoms with Crippen LogP contribution < -0.4 is 5.32 Å². The normalized spacial score (nSPS) is 11.3. The Morgan fingerprint density at radius 3 is 2.53 bits per heavy atom. The van der Waals surface area contributed by atoms with Crippen LogP contribution in [0.4, 0.5) is 10.5 Å². The molecule has 0 aliphatic rings. The van der Waals surface area contributed by atoms with Gasteiger partial charge in [-0.1, -0.05) is 24.8 Å². The van der Waals surface area contributed by atoms with Crippen LogP contribution in [0, 0.1) is 0 Å². The highest BCUT2D eigenvalue weighted by Gasteiger charge is 2.15. The lowest BCUT2D eigenvalue weighted by atomic mass is 10.0. The highest BCUT2D eigenvalue weighted by molar-refractivity contribution is 5.85. The van der Waals surface area contributed by atoms with Crippen LogP contribution in [0.15, 0.2) is 36.9 Å². The number of methoxy groups -OCH3 is 1. The van der Waals surface area contributed by atoms with Crippen molar-refractivity contribution in [2.45, 2.75) is 12.8 Å². The third kappa shape index (κ3) is 4.46. The number of esters is 1. The maximum Gasteiger partial charge on any atom is 0.411 e. The molecule has 0 fully saturated rings. The fraction of sp³-hybridized carbons (Fsp3) is 0.286. The van der Waals surface area contributed by atoms with Gasteiger partial charge in [-0.05, 0) is 24.6 Å². The van der Waals surface area contributed by atoms with Crippen LogP contribution in [0.2, 0.25) is 0 Å². The Morgan fingerprint density at radius 1 is 1.37 bits per heavy atom. The van der Waals surface area contributed by atoms with Gasteiger partial charge in [-0.2, -0.15) is 0 Å². The average Bonchev–Trinajstić information content (AvgIpc) is 2.44. The molecule has 102 valence electrons. The number of hydrogen-bond acceptors (Lipinski definition) is 4. The maximum atomic E-state index is 11.4. The van der Waals surface area contributed by atoms with Crippen molar-refractivity contribution >= 4 is 17.7 Å². The van der Waals surface area contributed by atoms with Crippen molar-refractivity contribution in [3.63, 3.8) is 0 Å². The van der Waals surface area contributed by atoms with Crippen LogP contribution in [-0.4, -0.2) is 25.8 Å². The van der Waals surface area contributed by atoms with Crippen LogP contribution in [0.5, 0.6) is 0 Å². The molecule has 1 aromatic rings. The van der Waals surface area contributed by atoms with E-state index >= 15 is 0 Å². The van der Waals surface area contributed by atoms with Crippen LogP contribution in [0.25, 0.3) is 0 Å². The molecule has 0 aliphatic heterocycles. The second kappa shape index (κ2) is 7.20. The zero-order valence-corrected chi connectivity index (χ0v) is 11.0. The first-order valence-electron chi connectivity index (χ1n) is 5.81. The lowest BCUT2D eigenvalue weighted by Gasteiger charge is -2.10. The number of nitrogens with one attached hydrogen (secondary N) is 1. The first-order chi connectivity index (χ1) is 9.08. The van der Waals surface area contributed by atoms with E-state index in [9.17, 15) is 9.59 Å². The predicted octanol–water partition coefficient (Wildman–Crippen LogP) is 2.70. The molecule has 1 aromatic carbocycles. The van der Waals surface area contributed by atoms with E-state index in [4.69, 9.17) is 4.74 Å². The molecule has 0 saturated carbocycles. The Labute approximate surface area is 112 Å². The Hall–Kier alpha value is -2.30. The van der Waals surface area contributed by atoms with E-state index in [0.29, 0.717) is 5.69 Å². The first kappa shape index (κ1) is 14.8. The Balaban J connectivity index is 2.63. The van der Waals surface area contributed by atoms with Gasteiger partial charge < -0.3 is 9.47 Å². The molecule has 5 nitrogen and oxygen atoms in total. The van der Waals surface area contributed by atoms with Gasteiger partial charge in [-0.15, -0.1) is 0 Å². The van der Waals surface area contributed by atoms with Gasteiger partial charge in [-0.3, -0.25) is 10.1 Å². The molecule has 1 amide bonds. The molecule has 0 bridgehead atoms. The van der Waals surface area contributed by atoms with Crippen LogP contribution in [0.1, 0.15) is 18.4 Å². The number of carbonyl (C=O) groups excluding carboxylic acids is 2. The maximum absolute atomic E-state index is 11.4. The summed E-state index contributed by atoms with van der Waals surface area (Å²) in [5, 5.41) is 2.56. The minimum absolute atomic E-state index is 0.156. The Bertz CT molecular complexity index is 453. The fourth-order valence-corrected chi connectivity index (χ4v) is 1.46. The molecule has 0 saturated heterocycles. The Morgan fingerprint density at radius 2 is 2.00 bits per heavy atom. The van der Waals surface area contributed by atoms with Crippen LogP contribution in [0.3, 0.4) is 0 Å². The van der Waals surface area contributed by atoms with Gasteiger partial charge in [0.15, 0.2) is 0 Å². The summed E-state index contributed by atoms with van der Waals surface area (Å²) in [4.78, 5) is 22.7. The molecule has 1 unspecified atom stereocenters. The van der Waals surface area contributed by atoms with Crippen molar-refractivity contribution in [1.82, 2.24) is 0 Å². The number of hydrogen-bond donors (Lipinski definition) is 1. The molecule has 19 heavy (non-hydrogen) atoms. The summed E-state index contributed by atoms with van der Waals surface area (Å²) < 4.78 is 9.45. The molecule has 5 heteroatoms. The molecule has 0 radical (unpaired) electrons.